The van der Waals surface area contributed by atoms with Crippen LogP contribution in [0.25, 0.3) is 0 Å². The lowest BCUT2D eigenvalue weighted by Crippen LogP contribution is -2.41. The molecule has 0 aliphatic carbocycles. The van der Waals surface area contributed by atoms with Crippen LogP contribution >= 0.6 is 0 Å². The molecule has 0 aliphatic heterocycles. The van der Waals surface area contributed by atoms with Crippen molar-refractivity contribution in [3.63, 3.8) is 0 Å². The van der Waals surface area contributed by atoms with Crippen molar-refractivity contribution in [2.45, 2.75) is 12.5 Å². The summed E-state index contributed by atoms with van der Waals surface area (Å²) in [5, 5.41) is 9.35. The molecule has 1 unspecified atom stereocenters. The maximum absolute atomic E-state index is 11.5. The smallest absolute Gasteiger partial charge is 0.252 e. The van der Waals surface area contributed by atoms with Crippen molar-refractivity contribution in [2.24, 2.45) is 5.73 Å². The van der Waals surface area contributed by atoms with Crippen LogP contribution in [0.3, 0.4) is 0 Å². The van der Waals surface area contributed by atoms with E-state index >= 15 is 0 Å². The van der Waals surface area contributed by atoms with Crippen LogP contribution in [0.4, 0.5) is 0 Å². The van der Waals surface area contributed by atoms with Crippen molar-refractivity contribution in [3.8, 4) is 0 Å². The first-order chi connectivity index (χ1) is 7.02. The first-order valence-corrected chi connectivity index (χ1v) is 4.49. The summed E-state index contributed by atoms with van der Waals surface area (Å²) < 4.78 is 0. The topological polar surface area (TPSA) is 83.6 Å². The molecule has 0 bridgehead atoms. The third kappa shape index (κ3) is 4.97. The van der Waals surface area contributed by atoms with Gasteiger partial charge >= 0.3 is 0 Å². The Morgan fingerprint density at radius 1 is 1.33 bits per heavy atom. The monoisotopic (exact) mass is 212 g/mol. The van der Waals surface area contributed by atoms with Gasteiger partial charge in [0.15, 0.2) is 0 Å². The Morgan fingerprint density at radius 3 is 2.13 bits per heavy atom. The molecule has 5 heteroatoms. The molecule has 0 saturated heterocycles. The second kappa shape index (κ2) is 6.78. The molecular weight excluding hydrogens is 196 g/mol. The number of nitrogens with two attached hydrogens (primary N) is 1. The van der Waals surface area contributed by atoms with E-state index in [2.05, 4.69) is 13.2 Å². The van der Waals surface area contributed by atoms with Crippen molar-refractivity contribution in [1.82, 2.24) is 4.90 Å². The van der Waals surface area contributed by atoms with E-state index in [1.54, 1.807) is 0 Å². The van der Waals surface area contributed by atoms with E-state index in [-0.39, 0.29) is 6.42 Å². The van der Waals surface area contributed by atoms with Gasteiger partial charge in [-0.15, -0.1) is 13.2 Å². The number of aliphatic hydroxyl groups excluding tert-OH is 1. The predicted molar refractivity (Wildman–Crippen MR) is 56.8 cm³/mol. The number of amides is 2. The number of nitrogens with zero attached hydrogens (tertiary/aromatic N) is 1. The van der Waals surface area contributed by atoms with E-state index < -0.39 is 17.9 Å². The largest absolute Gasteiger partial charge is 0.383 e. The molecule has 0 radical (unpaired) electrons. The van der Waals surface area contributed by atoms with Crippen LogP contribution in [0.1, 0.15) is 6.42 Å². The fourth-order valence-electron chi connectivity index (χ4n) is 1.05. The van der Waals surface area contributed by atoms with Gasteiger partial charge < -0.3 is 15.7 Å². The van der Waals surface area contributed by atoms with Gasteiger partial charge in [0.2, 0.25) is 5.91 Å². The zero-order valence-corrected chi connectivity index (χ0v) is 8.56. The SMILES string of the molecule is C=CCN(CC=C)C(=O)C(O)CC(N)=O. The summed E-state index contributed by atoms with van der Waals surface area (Å²) in [6.07, 6.45) is 1.29. The lowest BCUT2D eigenvalue weighted by atomic mass is 10.2. The summed E-state index contributed by atoms with van der Waals surface area (Å²) in [6, 6.07) is 0. The Balaban J connectivity index is 4.39. The van der Waals surface area contributed by atoms with Crippen molar-refractivity contribution < 1.29 is 14.7 Å². The highest BCUT2D eigenvalue weighted by molar-refractivity contribution is 5.86. The van der Waals surface area contributed by atoms with Crippen molar-refractivity contribution in [1.29, 1.82) is 0 Å². The standard InChI is InChI=1S/C10H16N2O3/c1-3-5-12(6-4-2)10(15)8(13)7-9(11)14/h3-4,8,13H,1-2,5-7H2,(H2,11,14). The molecule has 5 nitrogen and oxygen atoms in total. The third-order valence-electron chi connectivity index (χ3n) is 1.69. The Kier molecular flexibility index (Phi) is 6.05. The van der Waals surface area contributed by atoms with Gasteiger partial charge in [-0.3, -0.25) is 9.59 Å². The first-order valence-electron chi connectivity index (χ1n) is 4.49. The first kappa shape index (κ1) is 13.4. The summed E-state index contributed by atoms with van der Waals surface area (Å²) in [6.45, 7) is 7.55. The number of hydrogen-bond donors (Lipinski definition) is 2. The van der Waals surface area contributed by atoms with Crippen LogP contribution in [0, 0.1) is 0 Å². The molecule has 0 heterocycles. The van der Waals surface area contributed by atoms with E-state index in [9.17, 15) is 14.7 Å². The van der Waals surface area contributed by atoms with Gasteiger partial charge in [0, 0.05) is 13.1 Å². The minimum absolute atomic E-state index is 0.292. The summed E-state index contributed by atoms with van der Waals surface area (Å²) in [5.74, 6) is -1.26. The number of carbonyl (C=O) groups excluding carboxylic acids is 2. The molecule has 0 spiro atoms. The van der Waals surface area contributed by atoms with E-state index in [4.69, 9.17) is 5.73 Å². The summed E-state index contributed by atoms with van der Waals surface area (Å²) >= 11 is 0. The molecule has 0 aromatic heterocycles. The fraction of sp³-hybridized carbons (Fsp3) is 0.400. The van der Waals surface area contributed by atoms with Gasteiger partial charge in [0.1, 0.15) is 6.10 Å². The highest BCUT2D eigenvalue weighted by Gasteiger charge is 2.22. The van der Waals surface area contributed by atoms with Crippen molar-refractivity contribution in [3.05, 3.63) is 25.3 Å². The second-order valence-electron chi connectivity index (χ2n) is 3.01. The molecular formula is C10H16N2O3. The highest BCUT2D eigenvalue weighted by Crippen LogP contribution is 2.00. The van der Waals surface area contributed by atoms with Gasteiger partial charge in [0.05, 0.1) is 6.42 Å². The lowest BCUT2D eigenvalue weighted by Gasteiger charge is -2.21. The molecule has 0 aliphatic rings. The molecule has 84 valence electrons. The summed E-state index contributed by atoms with van der Waals surface area (Å²) in [7, 11) is 0. The predicted octanol–water partition coefficient (Wildman–Crippen LogP) is -0.577. The Labute approximate surface area is 88.9 Å². The molecule has 15 heavy (non-hydrogen) atoms. The van der Waals surface area contributed by atoms with Gasteiger partial charge in [0.25, 0.3) is 5.91 Å². The zero-order valence-electron chi connectivity index (χ0n) is 8.56. The average Bonchev–Trinajstić information content (AvgIpc) is 2.15. The number of carbonyl (C=O) groups is 2. The Hall–Kier alpha value is -1.62. The summed E-state index contributed by atoms with van der Waals surface area (Å²) in [4.78, 5) is 23.4. The summed E-state index contributed by atoms with van der Waals surface area (Å²) in [5.41, 5.74) is 4.87. The molecule has 0 fully saturated rings. The molecule has 1 atom stereocenters. The van der Waals surface area contributed by atoms with E-state index in [1.807, 2.05) is 0 Å². The van der Waals surface area contributed by atoms with Crippen molar-refractivity contribution in [2.75, 3.05) is 13.1 Å². The minimum atomic E-state index is -1.39. The maximum atomic E-state index is 11.5. The molecule has 2 amide bonds. The van der Waals surface area contributed by atoms with Crippen LogP contribution in [0.15, 0.2) is 25.3 Å². The average molecular weight is 212 g/mol. The molecule has 3 N–H and O–H groups in total. The fourth-order valence-corrected chi connectivity index (χ4v) is 1.05. The van der Waals surface area contributed by atoms with Crippen molar-refractivity contribution >= 4 is 11.8 Å². The number of aliphatic hydroxyl groups is 1. The van der Waals surface area contributed by atoms with Gasteiger partial charge in [-0.2, -0.15) is 0 Å². The highest BCUT2D eigenvalue weighted by atomic mass is 16.3. The van der Waals surface area contributed by atoms with Crippen LogP contribution in [-0.2, 0) is 9.59 Å². The zero-order chi connectivity index (χ0) is 11.8. The van der Waals surface area contributed by atoms with Gasteiger partial charge in [-0.1, -0.05) is 12.2 Å². The molecule has 0 aromatic carbocycles. The molecule has 0 aromatic rings. The third-order valence-corrected chi connectivity index (χ3v) is 1.69. The number of rotatable bonds is 7. The van der Waals surface area contributed by atoms with Crippen LogP contribution in [0.2, 0.25) is 0 Å². The van der Waals surface area contributed by atoms with Crippen LogP contribution in [0.5, 0.6) is 0 Å². The second-order valence-corrected chi connectivity index (χ2v) is 3.01. The van der Waals surface area contributed by atoms with Crippen LogP contribution < -0.4 is 5.73 Å². The molecule has 0 rings (SSSR count). The quantitative estimate of drug-likeness (QED) is 0.554. The van der Waals surface area contributed by atoms with Gasteiger partial charge in [-0.25, -0.2) is 0 Å². The Bertz CT molecular complexity index is 253. The maximum Gasteiger partial charge on any atom is 0.252 e. The normalized spacial score (nSPS) is 11.5. The number of primary amides is 1. The van der Waals surface area contributed by atoms with Gasteiger partial charge in [-0.05, 0) is 0 Å². The van der Waals surface area contributed by atoms with Crippen LogP contribution in [-0.4, -0.2) is 41.0 Å². The minimum Gasteiger partial charge on any atom is -0.383 e. The number of hydrogen-bond acceptors (Lipinski definition) is 3. The van der Waals surface area contributed by atoms with E-state index in [0.29, 0.717) is 13.1 Å². The van der Waals surface area contributed by atoms with E-state index in [0.717, 1.165) is 0 Å². The lowest BCUT2D eigenvalue weighted by molar-refractivity contribution is -0.141. The molecule has 0 saturated carbocycles. The van der Waals surface area contributed by atoms with E-state index in [1.165, 1.54) is 17.1 Å². The Morgan fingerprint density at radius 2 is 1.80 bits per heavy atom.